The molecule has 0 unspecified atom stereocenters. The molecule has 0 radical (unpaired) electrons. The number of pyridine rings is 1. The van der Waals surface area contributed by atoms with Gasteiger partial charge in [0.1, 0.15) is 17.7 Å². The Morgan fingerprint density at radius 1 is 1.19 bits per heavy atom. The summed E-state index contributed by atoms with van der Waals surface area (Å²) in [7, 11) is -3.85. The molecule has 1 aliphatic heterocycles. The van der Waals surface area contributed by atoms with Gasteiger partial charge in [-0.15, -0.1) is 6.58 Å². The first-order valence-corrected chi connectivity index (χ1v) is 15.7. The first kappa shape index (κ1) is 29.7. The summed E-state index contributed by atoms with van der Waals surface area (Å²) in [5, 5.41) is 6.13. The predicted molar refractivity (Wildman–Crippen MR) is 156 cm³/mol. The summed E-state index contributed by atoms with van der Waals surface area (Å²) in [6.45, 7) is 6.69. The number of hydrogen-bond donors (Lipinski definition) is 3. The van der Waals surface area contributed by atoms with Crippen LogP contribution in [-0.4, -0.2) is 78.0 Å². The third-order valence-electron chi connectivity index (χ3n) is 7.70. The lowest BCUT2D eigenvalue weighted by atomic mass is 10.1. The van der Waals surface area contributed by atoms with Crippen molar-refractivity contribution in [2.45, 2.75) is 48.6 Å². The molecular formula is C28H30BrN5O7S. The van der Waals surface area contributed by atoms with E-state index in [0.29, 0.717) is 18.7 Å². The van der Waals surface area contributed by atoms with E-state index in [4.69, 9.17) is 4.74 Å². The van der Waals surface area contributed by atoms with E-state index in [1.165, 1.54) is 11.0 Å². The average Bonchev–Trinajstić information content (AvgIpc) is 3.88. The minimum absolute atomic E-state index is 0.00704. The number of fused-ring (bicyclic) bond motifs is 1. The highest BCUT2D eigenvalue weighted by atomic mass is 79.9. The van der Waals surface area contributed by atoms with Crippen molar-refractivity contribution in [2.75, 3.05) is 13.1 Å². The number of benzene rings is 1. The predicted octanol–water partition coefficient (Wildman–Crippen LogP) is 1.32. The summed E-state index contributed by atoms with van der Waals surface area (Å²) in [5.41, 5.74) is -1.50. The van der Waals surface area contributed by atoms with Gasteiger partial charge in [-0.25, -0.2) is 13.4 Å². The second kappa shape index (κ2) is 11.5. The van der Waals surface area contributed by atoms with Gasteiger partial charge in [0.05, 0.1) is 18.3 Å². The van der Waals surface area contributed by atoms with Crippen molar-refractivity contribution >= 4 is 60.4 Å². The van der Waals surface area contributed by atoms with Gasteiger partial charge in [0.2, 0.25) is 33.6 Å². The lowest BCUT2D eigenvalue weighted by molar-refractivity contribution is -0.139. The topological polar surface area (TPSA) is 164 Å². The molecule has 14 heteroatoms. The number of sulfonamides is 1. The first-order chi connectivity index (χ1) is 20.0. The number of hydrogen-bond acceptors (Lipinski definition) is 8. The molecule has 5 rings (SSSR count). The van der Waals surface area contributed by atoms with Gasteiger partial charge in [0.15, 0.2) is 0 Å². The normalized spacial score (nSPS) is 24.9. The summed E-state index contributed by atoms with van der Waals surface area (Å²) < 4.78 is 34.0. The number of ether oxygens (including phenoxy) is 1. The Morgan fingerprint density at radius 2 is 1.95 bits per heavy atom. The van der Waals surface area contributed by atoms with Gasteiger partial charge in [-0.2, -0.15) is 0 Å². The van der Waals surface area contributed by atoms with Crippen molar-refractivity contribution < 1.29 is 32.3 Å². The maximum atomic E-state index is 13.7. The van der Waals surface area contributed by atoms with Crippen LogP contribution in [0.5, 0.6) is 5.88 Å². The zero-order valence-electron chi connectivity index (χ0n) is 22.5. The molecule has 1 aromatic carbocycles. The smallest absolute Gasteiger partial charge is 0.259 e. The van der Waals surface area contributed by atoms with Crippen LogP contribution in [0.25, 0.3) is 10.8 Å². The molecule has 12 nitrogen and oxygen atoms in total. The number of rotatable bonds is 11. The van der Waals surface area contributed by atoms with Gasteiger partial charge in [-0.05, 0) is 48.9 Å². The Balaban J connectivity index is 1.37. The summed E-state index contributed by atoms with van der Waals surface area (Å²) in [5.74, 6) is -2.75. The van der Waals surface area contributed by atoms with E-state index >= 15 is 0 Å². The van der Waals surface area contributed by atoms with E-state index in [1.54, 1.807) is 6.20 Å². The Morgan fingerprint density at radius 3 is 2.62 bits per heavy atom. The summed E-state index contributed by atoms with van der Waals surface area (Å²) in [6.07, 6.45) is 4.64. The number of halogens is 1. The molecule has 3 N–H and O–H groups in total. The Hall–Kier alpha value is -3.78. The number of aromatic nitrogens is 1. The van der Waals surface area contributed by atoms with Gasteiger partial charge >= 0.3 is 0 Å². The molecule has 42 heavy (non-hydrogen) atoms. The van der Waals surface area contributed by atoms with E-state index in [1.807, 2.05) is 24.3 Å². The number of nitrogens with one attached hydrogen (secondary N) is 3. The molecule has 2 aliphatic carbocycles. The molecule has 2 aromatic rings. The fourth-order valence-corrected chi connectivity index (χ4v) is 6.85. The van der Waals surface area contributed by atoms with Crippen LogP contribution in [0.3, 0.4) is 0 Å². The third-order valence-corrected chi connectivity index (χ3v) is 10.0. The molecule has 4 amide bonds. The summed E-state index contributed by atoms with van der Waals surface area (Å²) in [6, 6.07) is 6.40. The maximum absolute atomic E-state index is 13.7. The van der Waals surface area contributed by atoms with Gasteiger partial charge < -0.3 is 20.3 Å². The molecule has 222 valence electrons. The van der Waals surface area contributed by atoms with Crippen LogP contribution in [0.1, 0.15) is 25.7 Å². The van der Waals surface area contributed by atoms with Crippen LogP contribution in [0.2, 0.25) is 0 Å². The largest absolute Gasteiger partial charge is 0.472 e. The van der Waals surface area contributed by atoms with Gasteiger partial charge in [-0.1, -0.05) is 34.7 Å². The highest BCUT2D eigenvalue weighted by molar-refractivity contribution is 9.10. The molecular weight excluding hydrogens is 630 g/mol. The van der Waals surface area contributed by atoms with E-state index in [-0.39, 0.29) is 25.9 Å². The number of carbonyl (C=O) groups excluding carboxylic acids is 4. The first-order valence-electron chi connectivity index (χ1n) is 13.4. The van der Waals surface area contributed by atoms with E-state index in [2.05, 4.69) is 49.4 Å². The van der Waals surface area contributed by atoms with Crippen molar-refractivity contribution in [1.82, 2.24) is 25.2 Å². The molecule has 3 aliphatic rings. The molecule has 0 spiro atoms. The van der Waals surface area contributed by atoms with Crippen LogP contribution >= 0.6 is 15.9 Å². The highest BCUT2D eigenvalue weighted by Crippen LogP contribution is 2.45. The zero-order chi connectivity index (χ0) is 30.2. The molecule has 0 bridgehead atoms. The van der Waals surface area contributed by atoms with Crippen molar-refractivity contribution in [2.24, 2.45) is 5.92 Å². The molecule has 1 saturated heterocycles. The van der Waals surface area contributed by atoms with Crippen molar-refractivity contribution in [3.8, 4) is 5.88 Å². The van der Waals surface area contributed by atoms with E-state index in [9.17, 15) is 27.6 Å². The monoisotopic (exact) mass is 659 g/mol. The maximum Gasteiger partial charge on any atom is 0.259 e. The second-order valence-corrected chi connectivity index (χ2v) is 13.5. The number of amides is 4. The van der Waals surface area contributed by atoms with Crippen LogP contribution in [0.15, 0.2) is 60.2 Å². The minimum atomic E-state index is -3.85. The SMILES string of the molecule is C=CC(=O)NCC(=O)N1C[C@H](Oc2nccc3ccc(Br)cc23)C[C@H]1C(=O)N[C@]1(C(=O)NS(=O)(=O)C2CC2)C[C@H]1C=C. The fourth-order valence-electron chi connectivity index (χ4n) is 5.13. The molecule has 2 heterocycles. The highest BCUT2D eigenvalue weighted by Gasteiger charge is 2.61. The Bertz CT molecular complexity index is 1590. The van der Waals surface area contributed by atoms with Gasteiger partial charge in [0, 0.05) is 28.4 Å². The standard InChI is InChI=1S/C28H30BrN5O7S/c1-3-17-13-28(17,27(38)33-42(39,40)20-7-8-20)32-25(37)22-12-19(15-34(22)24(36)14-31-23(35)4-2)41-26-21-11-18(29)6-5-16(21)9-10-30-26/h3-6,9-11,17,19-20,22H,1-2,7-8,12-15H2,(H,31,35)(H,32,37)(H,33,38)/t17-,19-,22+,28-/m1/s1. The third kappa shape index (κ3) is 6.04. The van der Waals surface area contributed by atoms with Crippen LogP contribution in [0, 0.1) is 5.92 Å². The number of nitrogens with zero attached hydrogens (tertiary/aromatic N) is 2. The summed E-state index contributed by atoms with van der Waals surface area (Å²) in [4.78, 5) is 57.4. The molecule has 3 fully saturated rings. The van der Waals surface area contributed by atoms with Crippen LogP contribution < -0.4 is 20.1 Å². The van der Waals surface area contributed by atoms with Crippen molar-refractivity contribution in [3.05, 3.63) is 60.2 Å². The zero-order valence-corrected chi connectivity index (χ0v) is 24.9. The lowest BCUT2D eigenvalue weighted by Crippen LogP contribution is -2.57. The molecule has 4 atom stereocenters. The quantitative estimate of drug-likeness (QED) is 0.240. The lowest BCUT2D eigenvalue weighted by Gasteiger charge is -2.26. The van der Waals surface area contributed by atoms with Crippen molar-refractivity contribution in [3.63, 3.8) is 0 Å². The van der Waals surface area contributed by atoms with Crippen LogP contribution in [-0.2, 0) is 29.2 Å². The Kier molecular flexibility index (Phi) is 8.12. The van der Waals surface area contributed by atoms with Gasteiger partial charge in [0.25, 0.3) is 5.91 Å². The summed E-state index contributed by atoms with van der Waals surface area (Å²) >= 11 is 3.45. The van der Waals surface area contributed by atoms with E-state index in [0.717, 1.165) is 21.3 Å². The van der Waals surface area contributed by atoms with E-state index < -0.39 is 62.5 Å². The van der Waals surface area contributed by atoms with Crippen molar-refractivity contribution in [1.29, 1.82) is 0 Å². The van der Waals surface area contributed by atoms with Gasteiger partial charge in [-0.3, -0.25) is 23.9 Å². The second-order valence-electron chi connectivity index (χ2n) is 10.6. The Labute approximate surface area is 251 Å². The molecule has 1 aromatic heterocycles. The average molecular weight is 661 g/mol. The molecule has 2 saturated carbocycles. The fraction of sp³-hybridized carbons (Fsp3) is 0.393. The number of carbonyl (C=O) groups is 4. The van der Waals surface area contributed by atoms with Crippen LogP contribution in [0.4, 0.5) is 0 Å². The number of likely N-dealkylation sites (tertiary alicyclic amines) is 1. The minimum Gasteiger partial charge on any atom is -0.472 e.